The fourth-order valence-electron chi connectivity index (χ4n) is 0.372. The van der Waals surface area contributed by atoms with E-state index < -0.39 is 8.11 Å². The highest BCUT2D eigenvalue weighted by Gasteiger charge is 2.07. The zero-order chi connectivity index (χ0) is 7.44. The molecule has 0 aliphatic rings. The molecular weight excluding hydrogens is 152 g/mol. The van der Waals surface area contributed by atoms with E-state index in [9.17, 15) is 4.79 Å². The summed E-state index contributed by atoms with van der Waals surface area (Å²) < 4.78 is 0. The van der Waals surface area contributed by atoms with Crippen LogP contribution in [0.25, 0.3) is 0 Å². The highest BCUT2D eigenvalue weighted by molar-refractivity contribution is 7.07. The molecule has 3 heteroatoms. The maximum atomic E-state index is 10.8. The van der Waals surface area contributed by atoms with Crippen LogP contribution in [-0.2, 0) is 4.79 Å². The van der Waals surface area contributed by atoms with Crippen molar-refractivity contribution >= 4 is 25.0 Å². The Hall–Kier alpha value is -0.0831. The Kier molecular flexibility index (Phi) is 3.82. The molecule has 0 aromatic rings. The smallest absolute Gasteiger partial charge is 0.170 e. The van der Waals surface area contributed by atoms with Gasteiger partial charge in [0.05, 0.1) is 0 Å². The molecule has 0 aromatic heterocycles. The van der Waals surface area contributed by atoms with Gasteiger partial charge < -0.3 is 0 Å². The number of hydrogen-bond acceptors (Lipinski definition) is 1. The Morgan fingerprint density at radius 3 is 2.33 bits per heavy atom. The molecule has 0 amide bonds. The van der Waals surface area contributed by atoms with Crippen molar-refractivity contribution in [3.8, 4) is 0 Å². The van der Waals surface area contributed by atoms with Gasteiger partial charge in [-0.3, -0.25) is 4.79 Å². The van der Waals surface area contributed by atoms with Crippen LogP contribution in [0.15, 0.2) is 12.2 Å². The van der Waals surface area contributed by atoms with Crippen molar-refractivity contribution in [2.45, 2.75) is 19.5 Å². The average Bonchev–Trinajstić information content (AvgIpc) is 1.63. The van der Waals surface area contributed by atoms with E-state index in [0.717, 1.165) is 0 Å². The average molecular weight is 162 g/mol. The van der Waals surface area contributed by atoms with Gasteiger partial charge in [0.1, 0.15) is 0 Å². The Balaban J connectivity index is 3.65. The van der Waals surface area contributed by atoms with Gasteiger partial charge in [0.25, 0.3) is 0 Å². The molecule has 51 valence electrons. The Morgan fingerprint density at radius 2 is 2.22 bits per heavy atom. The van der Waals surface area contributed by atoms with E-state index in [1.165, 1.54) is 0 Å². The van der Waals surface area contributed by atoms with Gasteiger partial charge in [-0.15, -0.1) is 0 Å². The molecule has 0 atom stereocenters. The summed E-state index contributed by atoms with van der Waals surface area (Å²) in [7, 11) is -0.917. The molecule has 0 spiro atoms. The third-order valence-corrected chi connectivity index (χ3v) is 2.09. The van der Waals surface area contributed by atoms with E-state index in [-0.39, 0.29) is 5.78 Å². The first kappa shape index (κ1) is 8.92. The standard InChI is InChI=1S/C6H10ClOSi/c1-5(2)6(8)4-9(3)7/h1,4H2,2-3H3. The van der Waals surface area contributed by atoms with Crippen molar-refractivity contribution in [2.24, 2.45) is 0 Å². The van der Waals surface area contributed by atoms with E-state index in [1.54, 1.807) is 6.92 Å². The molecule has 0 aliphatic heterocycles. The predicted octanol–water partition coefficient (Wildman–Crippen LogP) is 1.99. The summed E-state index contributed by atoms with van der Waals surface area (Å²) in [6.07, 6.45) is 0. The number of carbonyl (C=O) groups excluding carboxylic acids is 1. The summed E-state index contributed by atoms with van der Waals surface area (Å²) in [6, 6.07) is 0.502. The number of halogens is 1. The van der Waals surface area contributed by atoms with Gasteiger partial charge in [-0.2, -0.15) is 11.1 Å². The molecule has 0 fully saturated rings. The Bertz CT molecular complexity index is 131. The van der Waals surface area contributed by atoms with Crippen LogP contribution in [0.5, 0.6) is 0 Å². The van der Waals surface area contributed by atoms with Crippen molar-refractivity contribution < 1.29 is 4.79 Å². The van der Waals surface area contributed by atoms with Crippen LogP contribution in [0.3, 0.4) is 0 Å². The summed E-state index contributed by atoms with van der Waals surface area (Å²) in [5.41, 5.74) is 0.611. The summed E-state index contributed by atoms with van der Waals surface area (Å²) in [5, 5.41) is 0. The van der Waals surface area contributed by atoms with Crippen molar-refractivity contribution in [1.29, 1.82) is 0 Å². The minimum Gasteiger partial charge on any atom is -0.295 e. The van der Waals surface area contributed by atoms with E-state index in [4.69, 9.17) is 11.1 Å². The molecule has 0 saturated heterocycles. The number of carbonyl (C=O) groups is 1. The largest absolute Gasteiger partial charge is 0.295 e. The molecule has 0 heterocycles. The summed E-state index contributed by atoms with van der Waals surface area (Å²) >= 11 is 5.66. The molecule has 9 heavy (non-hydrogen) atoms. The topological polar surface area (TPSA) is 17.1 Å². The number of allylic oxidation sites excluding steroid dienone is 1. The van der Waals surface area contributed by atoms with Crippen LogP contribution in [0.4, 0.5) is 0 Å². The quantitative estimate of drug-likeness (QED) is 0.352. The number of Topliss-reactive ketones (excluding diaryl/α,β-unsaturated/α-hetero) is 1. The first-order valence-electron chi connectivity index (χ1n) is 2.70. The van der Waals surface area contributed by atoms with Crippen LogP contribution in [0.2, 0.25) is 12.6 Å². The molecule has 0 N–H and O–H groups in total. The van der Waals surface area contributed by atoms with Crippen molar-refractivity contribution in [3.63, 3.8) is 0 Å². The van der Waals surface area contributed by atoms with Gasteiger partial charge >= 0.3 is 0 Å². The maximum Gasteiger partial charge on any atom is 0.170 e. The lowest BCUT2D eigenvalue weighted by molar-refractivity contribution is -0.113. The van der Waals surface area contributed by atoms with Crippen LogP contribution in [0, 0.1) is 0 Å². The maximum absolute atomic E-state index is 10.8. The van der Waals surface area contributed by atoms with Crippen LogP contribution in [-0.4, -0.2) is 13.9 Å². The first-order chi connectivity index (χ1) is 4.04. The zero-order valence-corrected chi connectivity index (χ0v) is 7.46. The molecule has 0 aliphatic carbocycles. The summed E-state index contributed by atoms with van der Waals surface area (Å²) in [6.45, 7) is 7.12. The van der Waals surface area contributed by atoms with Crippen molar-refractivity contribution in [1.82, 2.24) is 0 Å². The molecule has 0 bridgehead atoms. The van der Waals surface area contributed by atoms with E-state index in [1.807, 2.05) is 6.55 Å². The van der Waals surface area contributed by atoms with Crippen LogP contribution < -0.4 is 0 Å². The predicted molar refractivity (Wildman–Crippen MR) is 42.1 cm³/mol. The second kappa shape index (κ2) is 3.85. The lowest BCUT2D eigenvalue weighted by atomic mass is 10.2. The second-order valence-electron chi connectivity index (χ2n) is 2.06. The first-order valence-corrected chi connectivity index (χ1v) is 5.92. The van der Waals surface area contributed by atoms with E-state index in [0.29, 0.717) is 11.6 Å². The minimum atomic E-state index is -0.917. The van der Waals surface area contributed by atoms with E-state index >= 15 is 0 Å². The third kappa shape index (κ3) is 4.42. The number of hydrogen-bond donors (Lipinski definition) is 0. The molecule has 0 aromatic carbocycles. The monoisotopic (exact) mass is 161 g/mol. The normalized spacial score (nSPS) is 9.78. The van der Waals surface area contributed by atoms with Gasteiger partial charge in [-0.1, -0.05) is 13.1 Å². The summed E-state index contributed by atoms with van der Waals surface area (Å²) in [4.78, 5) is 10.8. The Labute approximate surface area is 62.0 Å². The minimum absolute atomic E-state index is 0.0985. The van der Waals surface area contributed by atoms with Gasteiger partial charge in [-0.25, -0.2) is 0 Å². The highest BCUT2D eigenvalue weighted by Crippen LogP contribution is 2.02. The molecule has 1 radical (unpaired) electrons. The van der Waals surface area contributed by atoms with Crippen LogP contribution >= 0.6 is 11.1 Å². The van der Waals surface area contributed by atoms with E-state index in [2.05, 4.69) is 6.58 Å². The van der Waals surface area contributed by atoms with Gasteiger partial charge in [0.2, 0.25) is 0 Å². The SMILES string of the molecule is C=C(C)C(=O)C[Si](C)Cl. The Morgan fingerprint density at radius 1 is 1.78 bits per heavy atom. The lowest BCUT2D eigenvalue weighted by Crippen LogP contribution is -2.06. The van der Waals surface area contributed by atoms with Crippen molar-refractivity contribution in [2.75, 3.05) is 0 Å². The zero-order valence-electron chi connectivity index (χ0n) is 5.70. The second-order valence-corrected chi connectivity index (χ2v) is 5.70. The molecule has 0 rings (SSSR count). The summed E-state index contributed by atoms with van der Waals surface area (Å²) in [5.74, 6) is 0.0985. The molecule has 0 unspecified atom stereocenters. The van der Waals surface area contributed by atoms with Gasteiger partial charge in [0, 0.05) is 6.04 Å². The highest BCUT2D eigenvalue weighted by atomic mass is 35.6. The molecule has 0 saturated carbocycles. The molecular formula is C6H10ClOSi. The van der Waals surface area contributed by atoms with Gasteiger partial charge in [-0.05, 0) is 12.5 Å². The molecule has 1 nitrogen and oxygen atoms in total. The third-order valence-electron chi connectivity index (χ3n) is 0.880. The van der Waals surface area contributed by atoms with Gasteiger partial charge in [0.15, 0.2) is 13.9 Å². The number of rotatable bonds is 3. The number of ketones is 1. The van der Waals surface area contributed by atoms with Crippen LogP contribution in [0.1, 0.15) is 6.92 Å². The fraction of sp³-hybridized carbons (Fsp3) is 0.500. The fourth-order valence-corrected chi connectivity index (χ4v) is 1.48. The lowest BCUT2D eigenvalue weighted by Gasteiger charge is -1.96. The van der Waals surface area contributed by atoms with Crippen molar-refractivity contribution in [3.05, 3.63) is 12.2 Å².